The lowest BCUT2D eigenvalue weighted by Gasteiger charge is -2.35. The molecule has 23 heavy (non-hydrogen) atoms. The summed E-state index contributed by atoms with van der Waals surface area (Å²) in [5, 5.41) is 3.50. The maximum Gasteiger partial charge on any atom is 0.222 e. The normalized spacial score (nSPS) is 29.7. The monoisotopic (exact) mass is 342 g/mol. The van der Waals surface area contributed by atoms with Gasteiger partial charge >= 0.3 is 0 Å². The summed E-state index contributed by atoms with van der Waals surface area (Å²) < 4.78 is 23.0. The largest absolute Gasteiger partial charge is 0.343 e. The zero-order valence-electron chi connectivity index (χ0n) is 14.0. The van der Waals surface area contributed by atoms with Crippen LogP contribution < -0.4 is 5.32 Å². The van der Waals surface area contributed by atoms with Crippen LogP contribution in [0, 0.1) is 5.92 Å². The van der Waals surface area contributed by atoms with Crippen molar-refractivity contribution in [2.45, 2.75) is 69.9 Å². The van der Waals surface area contributed by atoms with E-state index in [9.17, 15) is 13.2 Å². The Morgan fingerprint density at radius 3 is 2.26 bits per heavy atom. The number of hydrogen-bond donors (Lipinski definition) is 1. The van der Waals surface area contributed by atoms with Crippen molar-refractivity contribution < 1.29 is 13.2 Å². The lowest BCUT2D eigenvalue weighted by atomic mass is 9.86. The molecular weight excluding hydrogens is 312 g/mol. The van der Waals surface area contributed by atoms with Gasteiger partial charge in [0.1, 0.15) is 0 Å². The van der Waals surface area contributed by atoms with E-state index in [4.69, 9.17) is 0 Å². The molecule has 5 nitrogen and oxygen atoms in total. The van der Waals surface area contributed by atoms with Crippen LogP contribution in [-0.4, -0.2) is 55.9 Å². The highest BCUT2D eigenvalue weighted by atomic mass is 32.2. The molecule has 1 saturated carbocycles. The van der Waals surface area contributed by atoms with Crippen LogP contribution in [0.4, 0.5) is 0 Å². The van der Waals surface area contributed by atoms with Gasteiger partial charge in [-0.3, -0.25) is 4.79 Å². The van der Waals surface area contributed by atoms with Crippen molar-refractivity contribution in [1.29, 1.82) is 0 Å². The molecule has 1 amide bonds. The molecule has 1 atom stereocenters. The summed E-state index contributed by atoms with van der Waals surface area (Å²) in [7, 11) is -2.81. The second-order valence-electron chi connectivity index (χ2n) is 7.63. The molecule has 0 aromatic rings. The smallest absolute Gasteiger partial charge is 0.222 e. The minimum atomic E-state index is -2.81. The Morgan fingerprint density at radius 1 is 0.957 bits per heavy atom. The van der Waals surface area contributed by atoms with Crippen LogP contribution in [0.1, 0.15) is 57.8 Å². The second-order valence-corrected chi connectivity index (χ2v) is 9.86. The van der Waals surface area contributed by atoms with Crippen LogP contribution in [-0.2, 0) is 14.6 Å². The molecule has 0 aromatic carbocycles. The highest BCUT2D eigenvalue weighted by molar-refractivity contribution is 7.91. The number of hydrogen-bond acceptors (Lipinski definition) is 4. The molecule has 2 saturated heterocycles. The topological polar surface area (TPSA) is 66.5 Å². The molecule has 0 radical (unpaired) electrons. The summed E-state index contributed by atoms with van der Waals surface area (Å²) in [5.41, 5.74) is 0. The number of amides is 1. The Kier molecular flexibility index (Phi) is 5.62. The van der Waals surface area contributed by atoms with Gasteiger partial charge in [-0.05, 0) is 38.0 Å². The summed E-state index contributed by atoms with van der Waals surface area (Å²) in [5.74, 6) is 1.55. The molecule has 2 heterocycles. The number of likely N-dealkylation sites (tertiary alicyclic amines) is 1. The summed E-state index contributed by atoms with van der Waals surface area (Å²) in [4.78, 5) is 14.5. The van der Waals surface area contributed by atoms with Crippen molar-refractivity contribution in [3.05, 3.63) is 0 Å². The summed E-state index contributed by atoms with van der Waals surface area (Å²) in [6.07, 6.45) is 9.73. The molecule has 6 heteroatoms. The standard InChI is InChI=1S/C17H30N2O3S/c20-17(12-14-4-2-1-3-5-14)19-9-6-15(7-10-19)18-16-8-11-23(21,22)13-16/h14-16,18H,1-13H2/t16-/m1/s1. The fourth-order valence-electron chi connectivity index (χ4n) is 4.32. The second kappa shape index (κ2) is 7.51. The van der Waals surface area contributed by atoms with E-state index >= 15 is 0 Å². The van der Waals surface area contributed by atoms with E-state index in [1.54, 1.807) is 0 Å². The zero-order chi connectivity index (χ0) is 16.3. The van der Waals surface area contributed by atoms with E-state index in [0.29, 0.717) is 23.6 Å². The lowest BCUT2D eigenvalue weighted by Crippen LogP contribution is -2.48. The molecule has 1 N–H and O–H groups in total. The molecule has 1 aliphatic carbocycles. The van der Waals surface area contributed by atoms with E-state index in [-0.39, 0.29) is 11.8 Å². The van der Waals surface area contributed by atoms with Crippen LogP contribution in [0.2, 0.25) is 0 Å². The van der Waals surface area contributed by atoms with Crippen LogP contribution in [0.3, 0.4) is 0 Å². The fourth-order valence-corrected chi connectivity index (χ4v) is 6.01. The van der Waals surface area contributed by atoms with E-state index in [2.05, 4.69) is 5.32 Å². The van der Waals surface area contributed by atoms with Crippen molar-refractivity contribution in [2.24, 2.45) is 5.92 Å². The van der Waals surface area contributed by atoms with Crippen molar-refractivity contribution in [1.82, 2.24) is 10.2 Å². The Labute approximate surface area is 140 Å². The van der Waals surface area contributed by atoms with Crippen LogP contribution in [0.5, 0.6) is 0 Å². The van der Waals surface area contributed by atoms with E-state index in [0.717, 1.165) is 38.8 Å². The van der Waals surface area contributed by atoms with Crippen LogP contribution >= 0.6 is 0 Å². The summed E-state index contributed by atoms with van der Waals surface area (Å²) in [6, 6.07) is 0.488. The van der Waals surface area contributed by atoms with E-state index in [1.165, 1.54) is 32.1 Å². The zero-order valence-corrected chi connectivity index (χ0v) is 14.8. The molecule has 0 bridgehead atoms. The quantitative estimate of drug-likeness (QED) is 0.845. The molecule has 3 aliphatic rings. The molecular formula is C17H30N2O3S. The number of sulfone groups is 1. The minimum absolute atomic E-state index is 0.120. The van der Waals surface area contributed by atoms with Crippen molar-refractivity contribution in [3.8, 4) is 0 Å². The number of nitrogens with one attached hydrogen (secondary N) is 1. The maximum absolute atomic E-state index is 12.4. The van der Waals surface area contributed by atoms with Gasteiger partial charge in [-0.2, -0.15) is 0 Å². The van der Waals surface area contributed by atoms with Gasteiger partial charge in [-0.15, -0.1) is 0 Å². The van der Waals surface area contributed by atoms with Gasteiger partial charge in [0, 0.05) is 31.6 Å². The Morgan fingerprint density at radius 2 is 1.65 bits per heavy atom. The predicted octanol–water partition coefficient (Wildman–Crippen LogP) is 1.72. The first-order chi connectivity index (χ1) is 11.0. The molecule has 3 rings (SSSR count). The predicted molar refractivity (Wildman–Crippen MR) is 91.0 cm³/mol. The Bertz CT molecular complexity index is 506. The van der Waals surface area contributed by atoms with Gasteiger partial charge in [-0.1, -0.05) is 19.3 Å². The average Bonchev–Trinajstić information content (AvgIpc) is 2.88. The Balaban J connectivity index is 1.38. The number of carbonyl (C=O) groups excluding carboxylic acids is 1. The third-order valence-corrected chi connectivity index (χ3v) is 7.51. The summed E-state index contributed by atoms with van der Waals surface area (Å²) >= 11 is 0. The average molecular weight is 343 g/mol. The van der Waals surface area contributed by atoms with E-state index in [1.807, 2.05) is 4.90 Å². The molecule has 3 fully saturated rings. The van der Waals surface area contributed by atoms with Gasteiger partial charge in [-0.25, -0.2) is 8.42 Å². The third-order valence-electron chi connectivity index (χ3n) is 5.74. The van der Waals surface area contributed by atoms with Gasteiger partial charge in [0.2, 0.25) is 5.91 Å². The minimum Gasteiger partial charge on any atom is -0.343 e. The first kappa shape index (κ1) is 17.2. The first-order valence-corrected chi connectivity index (χ1v) is 11.1. The number of carbonyl (C=O) groups is 1. The lowest BCUT2D eigenvalue weighted by molar-refractivity contribution is -0.133. The van der Waals surface area contributed by atoms with Gasteiger partial charge in [0.25, 0.3) is 0 Å². The molecule has 0 unspecified atom stereocenters. The molecule has 2 aliphatic heterocycles. The van der Waals surface area contributed by atoms with Crippen molar-refractivity contribution in [3.63, 3.8) is 0 Å². The molecule has 0 spiro atoms. The first-order valence-electron chi connectivity index (χ1n) is 9.26. The highest BCUT2D eigenvalue weighted by Gasteiger charge is 2.31. The molecule has 0 aromatic heterocycles. The summed E-state index contributed by atoms with van der Waals surface area (Å²) in [6.45, 7) is 1.64. The van der Waals surface area contributed by atoms with Gasteiger partial charge in [0.05, 0.1) is 11.5 Å². The SMILES string of the molecule is O=C(CC1CCCCC1)N1CCC(N[C@@H]2CCS(=O)(=O)C2)CC1. The Hall–Kier alpha value is -0.620. The third kappa shape index (κ3) is 4.92. The van der Waals surface area contributed by atoms with Crippen LogP contribution in [0.15, 0.2) is 0 Å². The molecule has 132 valence electrons. The van der Waals surface area contributed by atoms with Crippen molar-refractivity contribution in [2.75, 3.05) is 24.6 Å². The highest BCUT2D eigenvalue weighted by Crippen LogP contribution is 2.27. The number of piperidine rings is 1. The van der Waals surface area contributed by atoms with Crippen molar-refractivity contribution >= 4 is 15.7 Å². The number of nitrogens with zero attached hydrogens (tertiary/aromatic N) is 1. The van der Waals surface area contributed by atoms with Crippen LogP contribution in [0.25, 0.3) is 0 Å². The number of rotatable bonds is 4. The van der Waals surface area contributed by atoms with Gasteiger partial charge in [0.15, 0.2) is 9.84 Å². The van der Waals surface area contributed by atoms with Gasteiger partial charge < -0.3 is 10.2 Å². The van der Waals surface area contributed by atoms with E-state index < -0.39 is 9.84 Å². The fraction of sp³-hybridized carbons (Fsp3) is 0.941. The maximum atomic E-state index is 12.4.